The number of rotatable bonds is 6. The summed E-state index contributed by atoms with van der Waals surface area (Å²) in [6.07, 6.45) is 8.58. The Morgan fingerprint density at radius 3 is 2.88 bits per heavy atom. The second kappa shape index (κ2) is 7.86. The van der Waals surface area contributed by atoms with Crippen LogP contribution in [0.3, 0.4) is 0 Å². The van der Waals surface area contributed by atoms with Gasteiger partial charge in [-0.25, -0.2) is 0 Å². The van der Waals surface area contributed by atoms with Crippen molar-refractivity contribution in [2.24, 2.45) is 5.92 Å². The molecule has 2 nitrogen and oxygen atoms in total. The third kappa shape index (κ3) is 5.13. The molecule has 0 aromatic carbocycles. The van der Waals surface area contributed by atoms with Crippen LogP contribution in [0, 0.1) is 5.92 Å². The third-order valence-corrected chi connectivity index (χ3v) is 3.26. The summed E-state index contributed by atoms with van der Waals surface area (Å²) in [7, 11) is 0. The van der Waals surface area contributed by atoms with Crippen LogP contribution in [0.5, 0.6) is 0 Å². The number of piperidine rings is 1. The minimum atomic E-state index is 0.753. The topological polar surface area (TPSA) is 15.3 Å². The highest BCUT2D eigenvalue weighted by molar-refractivity contribution is 4.87. The molecule has 0 saturated carbocycles. The summed E-state index contributed by atoms with van der Waals surface area (Å²) in [6.45, 7) is 11.4. The van der Waals surface area contributed by atoms with Gasteiger partial charge in [-0.15, -0.1) is 0 Å². The summed E-state index contributed by atoms with van der Waals surface area (Å²) >= 11 is 0. The van der Waals surface area contributed by atoms with E-state index in [2.05, 4.69) is 43.1 Å². The molecule has 0 radical (unpaired) electrons. The average molecular weight is 224 g/mol. The summed E-state index contributed by atoms with van der Waals surface area (Å²) in [5.41, 5.74) is 0. The molecule has 0 aliphatic carbocycles. The van der Waals surface area contributed by atoms with E-state index in [4.69, 9.17) is 0 Å². The van der Waals surface area contributed by atoms with Gasteiger partial charge in [0.05, 0.1) is 0 Å². The Morgan fingerprint density at radius 2 is 2.19 bits per heavy atom. The predicted octanol–water partition coefficient (Wildman–Crippen LogP) is 2.66. The van der Waals surface area contributed by atoms with Crippen LogP contribution in [-0.2, 0) is 0 Å². The van der Waals surface area contributed by atoms with Crippen LogP contribution in [0.1, 0.15) is 40.0 Å². The van der Waals surface area contributed by atoms with Crippen LogP contribution in [-0.4, -0.2) is 37.1 Å². The molecule has 0 bridgehead atoms. The van der Waals surface area contributed by atoms with E-state index < -0.39 is 0 Å². The molecule has 2 heteroatoms. The van der Waals surface area contributed by atoms with Gasteiger partial charge in [-0.1, -0.05) is 32.4 Å². The first-order chi connectivity index (χ1) is 7.74. The standard InChI is InChI=1S/C14H28N2/c1-4-5-9-16-10-7-6-8-14(16)12-15-11-13(2)3/h4-5,13-15H,6-12H2,1-3H3. The second-order valence-electron chi connectivity index (χ2n) is 5.27. The van der Waals surface area contributed by atoms with Crippen molar-refractivity contribution in [3.63, 3.8) is 0 Å². The van der Waals surface area contributed by atoms with Gasteiger partial charge in [-0.3, -0.25) is 4.90 Å². The van der Waals surface area contributed by atoms with E-state index >= 15 is 0 Å². The number of hydrogen-bond acceptors (Lipinski definition) is 2. The van der Waals surface area contributed by atoms with Crippen LogP contribution in [0.2, 0.25) is 0 Å². The number of hydrogen-bond donors (Lipinski definition) is 1. The maximum Gasteiger partial charge on any atom is 0.0223 e. The van der Waals surface area contributed by atoms with E-state index in [1.54, 1.807) is 0 Å². The third-order valence-electron chi connectivity index (χ3n) is 3.26. The Labute approximate surface area is 101 Å². The van der Waals surface area contributed by atoms with E-state index in [0.717, 1.165) is 31.6 Å². The fourth-order valence-corrected chi connectivity index (χ4v) is 2.31. The van der Waals surface area contributed by atoms with Gasteiger partial charge >= 0.3 is 0 Å². The molecular weight excluding hydrogens is 196 g/mol. The van der Waals surface area contributed by atoms with E-state index in [-0.39, 0.29) is 0 Å². The van der Waals surface area contributed by atoms with Gasteiger partial charge in [0, 0.05) is 19.1 Å². The van der Waals surface area contributed by atoms with Crippen molar-refractivity contribution in [1.82, 2.24) is 10.2 Å². The zero-order valence-corrected chi connectivity index (χ0v) is 11.2. The maximum absolute atomic E-state index is 3.60. The lowest BCUT2D eigenvalue weighted by Gasteiger charge is -2.35. The fourth-order valence-electron chi connectivity index (χ4n) is 2.31. The molecule has 1 aliphatic heterocycles. The molecule has 0 amide bonds. The zero-order chi connectivity index (χ0) is 11.8. The Bertz CT molecular complexity index is 199. The van der Waals surface area contributed by atoms with Crippen LogP contribution < -0.4 is 5.32 Å². The van der Waals surface area contributed by atoms with Crippen molar-refractivity contribution in [3.05, 3.63) is 12.2 Å². The first-order valence-corrected chi connectivity index (χ1v) is 6.80. The van der Waals surface area contributed by atoms with E-state index in [0.29, 0.717) is 0 Å². The van der Waals surface area contributed by atoms with Crippen LogP contribution in [0.4, 0.5) is 0 Å². The largest absolute Gasteiger partial charge is 0.315 e. The van der Waals surface area contributed by atoms with Gasteiger partial charge in [0.25, 0.3) is 0 Å². The lowest BCUT2D eigenvalue weighted by Crippen LogP contribution is -2.46. The quantitative estimate of drug-likeness (QED) is 0.698. The molecule has 1 fully saturated rings. The molecule has 1 heterocycles. The van der Waals surface area contributed by atoms with Crippen LogP contribution in [0.15, 0.2) is 12.2 Å². The second-order valence-corrected chi connectivity index (χ2v) is 5.27. The van der Waals surface area contributed by atoms with Gasteiger partial charge in [0.15, 0.2) is 0 Å². The van der Waals surface area contributed by atoms with Gasteiger partial charge < -0.3 is 5.32 Å². The first kappa shape index (κ1) is 13.7. The SMILES string of the molecule is CC=CCN1CCCCC1CNCC(C)C. The molecule has 1 aliphatic rings. The van der Waals surface area contributed by atoms with Crippen molar-refractivity contribution >= 4 is 0 Å². The molecule has 0 aromatic rings. The molecular formula is C14H28N2. The van der Waals surface area contributed by atoms with Crippen molar-refractivity contribution < 1.29 is 0 Å². The smallest absolute Gasteiger partial charge is 0.0223 e. The Hall–Kier alpha value is -0.340. The molecule has 1 rings (SSSR count). The van der Waals surface area contributed by atoms with Gasteiger partial charge in [-0.2, -0.15) is 0 Å². The summed E-state index contributed by atoms with van der Waals surface area (Å²) in [4.78, 5) is 2.62. The fraction of sp³-hybridized carbons (Fsp3) is 0.857. The minimum absolute atomic E-state index is 0.753. The van der Waals surface area contributed by atoms with Crippen molar-refractivity contribution in [2.75, 3.05) is 26.2 Å². The molecule has 0 aromatic heterocycles. The van der Waals surface area contributed by atoms with Crippen molar-refractivity contribution in [1.29, 1.82) is 0 Å². The monoisotopic (exact) mass is 224 g/mol. The number of nitrogens with one attached hydrogen (secondary N) is 1. The van der Waals surface area contributed by atoms with Crippen molar-refractivity contribution in [2.45, 2.75) is 46.1 Å². The van der Waals surface area contributed by atoms with Crippen LogP contribution in [0.25, 0.3) is 0 Å². The molecule has 1 unspecified atom stereocenters. The molecule has 1 N–H and O–H groups in total. The predicted molar refractivity (Wildman–Crippen MR) is 71.7 cm³/mol. The molecule has 16 heavy (non-hydrogen) atoms. The highest BCUT2D eigenvalue weighted by Crippen LogP contribution is 2.16. The summed E-state index contributed by atoms with van der Waals surface area (Å²) in [6, 6.07) is 0.753. The van der Waals surface area contributed by atoms with Crippen LogP contribution >= 0.6 is 0 Å². The molecule has 1 saturated heterocycles. The lowest BCUT2D eigenvalue weighted by atomic mass is 10.0. The zero-order valence-electron chi connectivity index (χ0n) is 11.2. The van der Waals surface area contributed by atoms with Gasteiger partial charge in [0.2, 0.25) is 0 Å². The highest BCUT2D eigenvalue weighted by Gasteiger charge is 2.20. The van der Waals surface area contributed by atoms with Gasteiger partial charge in [-0.05, 0) is 38.8 Å². The minimum Gasteiger partial charge on any atom is -0.315 e. The molecule has 1 atom stereocenters. The van der Waals surface area contributed by atoms with Crippen molar-refractivity contribution in [3.8, 4) is 0 Å². The lowest BCUT2D eigenvalue weighted by molar-refractivity contribution is 0.161. The number of nitrogens with zero attached hydrogens (tertiary/aromatic N) is 1. The average Bonchev–Trinajstić information content (AvgIpc) is 2.27. The Balaban J connectivity index is 2.28. The highest BCUT2D eigenvalue weighted by atomic mass is 15.2. The Morgan fingerprint density at radius 1 is 1.38 bits per heavy atom. The summed E-state index contributed by atoms with van der Waals surface area (Å²) < 4.78 is 0. The summed E-state index contributed by atoms with van der Waals surface area (Å²) in [5, 5.41) is 3.60. The normalized spacial score (nSPS) is 23.4. The van der Waals surface area contributed by atoms with E-state index in [9.17, 15) is 0 Å². The number of allylic oxidation sites excluding steroid dienone is 1. The first-order valence-electron chi connectivity index (χ1n) is 6.80. The molecule has 94 valence electrons. The maximum atomic E-state index is 3.60. The van der Waals surface area contributed by atoms with E-state index in [1.807, 2.05) is 0 Å². The summed E-state index contributed by atoms with van der Waals surface area (Å²) in [5.74, 6) is 0.757. The molecule has 0 spiro atoms. The van der Waals surface area contributed by atoms with Gasteiger partial charge in [0.1, 0.15) is 0 Å². The van der Waals surface area contributed by atoms with E-state index in [1.165, 1.54) is 25.8 Å². The number of likely N-dealkylation sites (tertiary alicyclic amines) is 1. The Kier molecular flexibility index (Phi) is 6.74.